The first kappa shape index (κ1) is 14.7. The van der Waals surface area contributed by atoms with Crippen LogP contribution in [-0.2, 0) is 19.5 Å². The Morgan fingerprint density at radius 2 is 2.05 bits per heavy atom. The molecule has 112 valence electrons. The molecule has 2 heterocycles. The van der Waals surface area contributed by atoms with Gasteiger partial charge in [-0.1, -0.05) is 30.3 Å². The van der Waals surface area contributed by atoms with Crippen molar-refractivity contribution in [3.63, 3.8) is 0 Å². The Morgan fingerprint density at radius 1 is 1.19 bits per heavy atom. The van der Waals surface area contributed by atoms with Gasteiger partial charge in [-0.15, -0.1) is 11.3 Å². The number of thiophene rings is 1. The van der Waals surface area contributed by atoms with Crippen LogP contribution in [0.4, 0.5) is 0 Å². The van der Waals surface area contributed by atoms with Gasteiger partial charge in [0.05, 0.1) is 6.10 Å². The summed E-state index contributed by atoms with van der Waals surface area (Å²) in [7, 11) is 0. The van der Waals surface area contributed by atoms with Crippen molar-refractivity contribution in [3.05, 3.63) is 57.8 Å². The first-order valence-electron chi connectivity index (χ1n) is 7.51. The second kappa shape index (κ2) is 7.18. The van der Waals surface area contributed by atoms with E-state index >= 15 is 0 Å². The van der Waals surface area contributed by atoms with Crippen molar-refractivity contribution in [2.75, 3.05) is 19.6 Å². The van der Waals surface area contributed by atoms with E-state index in [1.165, 1.54) is 16.0 Å². The number of aliphatic hydroxyl groups excluding tert-OH is 1. The predicted molar refractivity (Wildman–Crippen MR) is 87.5 cm³/mol. The molecule has 0 saturated heterocycles. The summed E-state index contributed by atoms with van der Waals surface area (Å²) in [5, 5.41) is 15.6. The van der Waals surface area contributed by atoms with Crippen LogP contribution in [0.3, 0.4) is 0 Å². The molecule has 1 aromatic heterocycles. The molecule has 0 spiro atoms. The first-order valence-corrected chi connectivity index (χ1v) is 8.39. The molecular weight excluding hydrogens is 280 g/mol. The highest BCUT2D eigenvalue weighted by atomic mass is 32.1. The van der Waals surface area contributed by atoms with Crippen LogP contribution in [0, 0.1) is 0 Å². The van der Waals surface area contributed by atoms with Crippen molar-refractivity contribution in [1.82, 2.24) is 10.2 Å². The van der Waals surface area contributed by atoms with E-state index in [1.807, 2.05) is 0 Å². The van der Waals surface area contributed by atoms with E-state index in [4.69, 9.17) is 0 Å². The fourth-order valence-corrected chi connectivity index (χ4v) is 3.52. The van der Waals surface area contributed by atoms with Crippen LogP contribution in [0.1, 0.15) is 16.0 Å². The molecule has 0 amide bonds. The van der Waals surface area contributed by atoms with Gasteiger partial charge >= 0.3 is 0 Å². The van der Waals surface area contributed by atoms with Crippen molar-refractivity contribution in [3.8, 4) is 0 Å². The lowest BCUT2D eigenvalue weighted by molar-refractivity contribution is 0.104. The van der Waals surface area contributed by atoms with Gasteiger partial charge in [0.15, 0.2) is 0 Å². The minimum absolute atomic E-state index is 0.310. The molecule has 3 rings (SSSR count). The summed E-state index contributed by atoms with van der Waals surface area (Å²) < 4.78 is 0. The predicted octanol–water partition coefficient (Wildman–Crippen LogP) is 2.26. The normalized spacial score (nSPS) is 16.6. The van der Waals surface area contributed by atoms with Crippen LogP contribution in [0.2, 0.25) is 0 Å². The summed E-state index contributed by atoms with van der Waals surface area (Å²) in [4.78, 5) is 3.66. The number of nitrogens with zero attached hydrogens (tertiary/aromatic N) is 1. The Hall–Kier alpha value is -1.20. The quantitative estimate of drug-likeness (QED) is 0.859. The van der Waals surface area contributed by atoms with E-state index in [-0.39, 0.29) is 6.10 Å². The van der Waals surface area contributed by atoms with Crippen molar-refractivity contribution in [2.45, 2.75) is 25.6 Å². The van der Waals surface area contributed by atoms with Crippen molar-refractivity contribution >= 4 is 11.3 Å². The maximum absolute atomic E-state index is 10.2. The summed E-state index contributed by atoms with van der Waals surface area (Å²) in [5.41, 5.74) is 2.86. The molecule has 0 aliphatic carbocycles. The largest absolute Gasteiger partial charge is 0.390 e. The lowest BCUT2D eigenvalue weighted by Gasteiger charge is -2.30. The average Bonchev–Trinajstić information content (AvgIpc) is 3.00. The number of fused-ring (bicyclic) bond motifs is 1. The molecule has 2 N–H and O–H groups in total. The Balaban J connectivity index is 1.42. The number of benzene rings is 1. The molecule has 1 aliphatic heterocycles. The van der Waals surface area contributed by atoms with Crippen molar-refractivity contribution in [1.29, 1.82) is 0 Å². The molecular formula is C17H22N2OS. The third-order valence-corrected chi connectivity index (χ3v) is 4.81. The highest BCUT2D eigenvalue weighted by Crippen LogP contribution is 2.18. The number of rotatable bonds is 6. The third kappa shape index (κ3) is 4.14. The summed E-state index contributed by atoms with van der Waals surface area (Å²) in [6, 6.07) is 12.8. The molecule has 1 aromatic carbocycles. The SMILES string of the molecule is OC(CNCc1cccs1)CN1CCc2ccccc2C1. The molecule has 0 bridgehead atoms. The van der Waals surface area contributed by atoms with E-state index in [2.05, 4.69) is 52.0 Å². The van der Waals surface area contributed by atoms with Gasteiger partial charge in [0.2, 0.25) is 0 Å². The second-order valence-corrected chi connectivity index (χ2v) is 6.65. The maximum atomic E-state index is 10.2. The minimum atomic E-state index is -0.310. The standard InChI is InChI=1S/C17H22N2OS/c20-16(10-18-11-17-6-3-9-21-17)13-19-8-7-14-4-1-2-5-15(14)12-19/h1-6,9,16,18,20H,7-8,10-13H2. The zero-order valence-electron chi connectivity index (χ0n) is 12.2. The van der Waals surface area contributed by atoms with Crippen LogP contribution in [0.25, 0.3) is 0 Å². The number of nitrogens with one attached hydrogen (secondary N) is 1. The molecule has 0 fully saturated rings. The van der Waals surface area contributed by atoms with Gasteiger partial charge in [0.25, 0.3) is 0 Å². The summed E-state index contributed by atoms with van der Waals surface area (Å²) >= 11 is 1.75. The molecule has 1 atom stereocenters. The van der Waals surface area contributed by atoms with E-state index < -0.39 is 0 Å². The highest BCUT2D eigenvalue weighted by molar-refractivity contribution is 7.09. The first-order chi connectivity index (χ1) is 10.3. The van der Waals surface area contributed by atoms with Crippen LogP contribution >= 0.6 is 11.3 Å². The molecule has 4 heteroatoms. The zero-order valence-corrected chi connectivity index (χ0v) is 13.0. The molecule has 0 radical (unpaired) electrons. The van der Waals surface area contributed by atoms with Gasteiger partial charge in [-0.25, -0.2) is 0 Å². The maximum Gasteiger partial charge on any atom is 0.0791 e. The number of hydrogen-bond donors (Lipinski definition) is 2. The van der Waals surface area contributed by atoms with Gasteiger partial charge in [-0.05, 0) is 29.0 Å². The van der Waals surface area contributed by atoms with Gasteiger partial charge in [0.1, 0.15) is 0 Å². The molecule has 1 aliphatic rings. The smallest absolute Gasteiger partial charge is 0.0791 e. The summed E-state index contributed by atoms with van der Waals surface area (Å²) in [5.74, 6) is 0. The molecule has 2 aromatic rings. The molecule has 3 nitrogen and oxygen atoms in total. The third-order valence-electron chi connectivity index (χ3n) is 3.94. The molecule has 1 unspecified atom stereocenters. The lowest BCUT2D eigenvalue weighted by Crippen LogP contribution is -2.40. The van der Waals surface area contributed by atoms with Gasteiger partial charge in [-0.3, -0.25) is 4.90 Å². The number of β-amino-alcohol motifs (C(OH)–C–C–N with tert-alkyl or cyclic N) is 1. The van der Waals surface area contributed by atoms with Crippen LogP contribution in [-0.4, -0.2) is 35.7 Å². The fraction of sp³-hybridized carbons (Fsp3) is 0.412. The van der Waals surface area contributed by atoms with Gasteiger partial charge < -0.3 is 10.4 Å². The topological polar surface area (TPSA) is 35.5 Å². The van der Waals surface area contributed by atoms with Crippen LogP contribution in [0.5, 0.6) is 0 Å². The number of aliphatic hydroxyl groups is 1. The molecule has 0 saturated carbocycles. The van der Waals surface area contributed by atoms with E-state index in [1.54, 1.807) is 11.3 Å². The summed E-state index contributed by atoms with van der Waals surface area (Å²) in [6.07, 6.45) is 0.779. The Labute approximate surface area is 130 Å². The Kier molecular flexibility index (Phi) is 5.04. The van der Waals surface area contributed by atoms with Crippen LogP contribution < -0.4 is 5.32 Å². The number of hydrogen-bond acceptors (Lipinski definition) is 4. The van der Waals surface area contributed by atoms with E-state index in [0.29, 0.717) is 6.54 Å². The van der Waals surface area contributed by atoms with Crippen LogP contribution in [0.15, 0.2) is 41.8 Å². The van der Waals surface area contributed by atoms with E-state index in [0.717, 1.165) is 32.6 Å². The van der Waals surface area contributed by atoms with E-state index in [9.17, 15) is 5.11 Å². The fourth-order valence-electron chi connectivity index (χ4n) is 2.85. The molecule has 21 heavy (non-hydrogen) atoms. The summed E-state index contributed by atoms with van der Waals surface area (Å²) in [6.45, 7) is 4.23. The minimum Gasteiger partial charge on any atom is -0.390 e. The Bertz CT molecular complexity index is 556. The van der Waals surface area contributed by atoms with Gasteiger partial charge in [-0.2, -0.15) is 0 Å². The Morgan fingerprint density at radius 3 is 2.86 bits per heavy atom. The monoisotopic (exact) mass is 302 g/mol. The van der Waals surface area contributed by atoms with Gasteiger partial charge in [0, 0.05) is 37.6 Å². The second-order valence-electron chi connectivity index (χ2n) is 5.62. The van der Waals surface area contributed by atoms with Crippen molar-refractivity contribution in [2.24, 2.45) is 0 Å². The zero-order chi connectivity index (χ0) is 14.5. The van der Waals surface area contributed by atoms with Crippen molar-refractivity contribution < 1.29 is 5.11 Å². The highest BCUT2D eigenvalue weighted by Gasteiger charge is 2.18. The average molecular weight is 302 g/mol. The lowest BCUT2D eigenvalue weighted by atomic mass is 10.00.